The molecule has 1 saturated heterocycles. The second kappa shape index (κ2) is 6.74. The highest BCUT2D eigenvalue weighted by Crippen LogP contribution is 2.28. The van der Waals surface area contributed by atoms with Crippen molar-refractivity contribution in [1.82, 2.24) is 9.71 Å². The van der Waals surface area contributed by atoms with E-state index in [0.29, 0.717) is 12.2 Å². The van der Waals surface area contributed by atoms with E-state index in [1.807, 2.05) is 0 Å². The van der Waals surface area contributed by atoms with Gasteiger partial charge in [0.05, 0.1) is 12.1 Å². The third-order valence-corrected chi connectivity index (χ3v) is 5.22. The fourth-order valence-electron chi connectivity index (χ4n) is 2.64. The molecular weight excluding hydrogens is 319 g/mol. The molecule has 1 N–H and O–H groups in total. The fraction of sp³-hybridized carbons (Fsp3) is 0.312. The van der Waals surface area contributed by atoms with E-state index in [1.54, 1.807) is 18.2 Å². The van der Waals surface area contributed by atoms with E-state index in [-0.39, 0.29) is 16.8 Å². The SMILES string of the molecule is O=S(=O)(N[C@H](c1ccc(F)cc1)[C@@H]1CCCO1)c1cccnc1. The molecule has 0 radical (unpaired) electrons. The zero-order valence-corrected chi connectivity index (χ0v) is 13.2. The summed E-state index contributed by atoms with van der Waals surface area (Å²) in [6, 6.07) is 8.26. The molecule has 1 fully saturated rings. The summed E-state index contributed by atoms with van der Waals surface area (Å²) in [6.45, 7) is 0.594. The van der Waals surface area contributed by atoms with Crippen molar-refractivity contribution < 1.29 is 17.5 Å². The van der Waals surface area contributed by atoms with Crippen LogP contribution in [0.15, 0.2) is 53.7 Å². The zero-order valence-electron chi connectivity index (χ0n) is 12.4. The highest BCUT2D eigenvalue weighted by Gasteiger charge is 2.31. The lowest BCUT2D eigenvalue weighted by Crippen LogP contribution is -2.36. The summed E-state index contributed by atoms with van der Waals surface area (Å²) in [5.74, 6) is -0.366. The quantitative estimate of drug-likeness (QED) is 0.910. The Hall–Kier alpha value is -1.83. The maximum atomic E-state index is 13.2. The van der Waals surface area contributed by atoms with Gasteiger partial charge in [0.15, 0.2) is 0 Å². The van der Waals surface area contributed by atoms with Crippen LogP contribution in [0.25, 0.3) is 0 Å². The second-order valence-electron chi connectivity index (χ2n) is 5.39. The van der Waals surface area contributed by atoms with E-state index >= 15 is 0 Å². The molecule has 1 aromatic carbocycles. The first-order valence-electron chi connectivity index (χ1n) is 7.36. The van der Waals surface area contributed by atoms with E-state index < -0.39 is 16.1 Å². The lowest BCUT2D eigenvalue weighted by molar-refractivity contribution is 0.0851. The Kier molecular flexibility index (Phi) is 4.70. The summed E-state index contributed by atoms with van der Waals surface area (Å²) in [7, 11) is -3.74. The molecular formula is C16H17FN2O3S. The van der Waals surface area contributed by atoms with Crippen molar-refractivity contribution in [2.45, 2.75) is 29.9 Å². The van der Waals surface area contributed by atoms with Gasteiger partial charge in [0.25, 0.3) is 0 Å². The van der Waals surface area contributed by atoms with Gasteiger partial charge < -0.3 is 4.74 Å². The van der Waals surface area contributed by atoms with Crippen LogP contribution in [0.2, 0.25) is 0 Å². The maximum absolute atomic E-state index is 13.2. The van der Waals surface area contributed by atoms with Crippen LogP contribution in [-0.2, 0) is 14.8 Å². The van der Waals surface area contributed by atoms with Gasteiger partial charge in [0.2, 0.25) is 10.0 Å². The molecule has 1 aliphatic rings. The largest absolute Gasteiger partial charge is 0.376 e. The van der Waals surface area contributed by atoms with Gasteiger partial charge in [-0.3, -0.25) is 4.98 Å². The number of benzene rings is 1. The van der Waals surface area contributed by atoms with Crippen LogP contribution in [0.4, 0.5) is 4.39 Å². The minimum absolute atomic E-state index is 0.0881. The lowest BCUT2D eigenvalue weighted by Gasteiger charge is -2.24. The van der Waals surface area contributed by atoms with Gasteiger partial charge >= 0.3 is 0 Å². The minimum Gasteiger partial charge on any atom is -0.376 e. The number of ether oxygens (including phenoxy) is 1. The van der Waals surface area contributed by atoms with E-state index in [9.17, 15) is 12.8 Å². The van der Waals surface area contributed by atoms with Crippen molar-refractivity contribution in [3.63, 3.8) is 0 Å². The molecule has 0 amide bonds. The molecule has 0 bridgehead atoms. The van der Waals surface area contributed by atoms with E-state index in [2.05, 4.69) is 9.71 Å². The number of rotatable bonds is 5. The highest BCUT2D eigenvalue weighted by atomic mass is 32.2. The molecule has 1 aromatic heterocycles. The molecule has 0 saturated carbocycles. The number of halogens is 1. The minimum atomic E-state index is -3.74. The Balaban J connectivity index is 1.91. The van der Waals surface area contributed by atoms with Gasteiger partial charge in [-0.2, -0.15) is 0 Å². The molecule has 7 heteroatoms. The van der Waals surface area contributed by atoms with Gasteiger partial charge in [-0.1, -0.05) is 12.1 Å². The Bertz CT molecular complexity index is 745. The predicted molar refractivity (Wildman–Crippen MR) is 82.7 cm³/mol. The van der Waals surface area contributed by atoms with Gasteiger partial charge in [0, 0.05) is 19.0 Å². The van der Waals surface area contributed by atoms with Crippen LogP contribution >= 0.6 is 0 Å². The van der Waals surface area contributed by atoms with Crippen LogP contribution in [0.3, 0.4) is 0 Å². The number of nitrogens with zero attached hydrogens (tertiary/aromatic N) is 1. The van der Waals surface area contributed by atoms with Crippen molar-refractivity contribution in [2.75, 3.05) is 6.61 Å². The molecule has 0 spiro atoms. The van der Waals surface area contributed by atoms with Crippen LogP contribution in [0.5, 0.6) is 0 Å². The van der Waals surface area contributed by atoms with Crippen LogP contribution in [0, 0.1) is 5.82 Å². The van der Waals surface area contributed by atoms with Crippen LogP contribution < -0.4 is 4.72 Å². The van der Waals surface area contributed by atoms with Crippen molar-refractivity contribution in [3.05, 3.63) is 60.2 Å². The second-order valence-corrected chi connectivity index (χ2v) is 7.10. The van der Waals surface area contributed by atoms with Crippen molar-refractivity contribution in [3.8, 4) is 0 Å². The molecule has 122 valence electrons. The summed E-state index contributed by atoms with van der Waals surface area (Å²) in [5, 5.41) is 0. The monoisotopic (exact) mass is 336 g/mol. The Labute approximate surface area is 134 Å². The molecule has 0 unspecified atom stereocenters. The summed E-state index contributed by atoms with van der Waals surface area (Å²) >= 11 is 0. The van der Waals surface area contributed by atoms with E-state index in [4.69, 9.17) is 4.74 Å². The third kappa shape index (κ3) is 3.74. The predicted octanol–water partition coefficient (Wildman–Crippen LogP) is 2.42. The molecule has 0 aliphatic carbocycles. The molecule has 2 aromatic rings. The van der Waals surface area contributed by atoms with Crippen molar-refractivity contribution in [2.24, 2.45) is 0 Å². The van der Waals surface area contributed by atoms with Crippen LogP contribution in [0.1, 0.15) is 24.4 Å². The number of hydrogen-bond acceptors (Lipinski definition) is 4. The Morgan fingerprint density at radius 1 is 1.26 bits per heavy atom. The third-order valence-electron chi connectivity index (χ3n) is 3.79. The summed E-state index contributed by atoms with van der Waals surface area (Å²) in [5.41, 5.74) is 0.672. The van der Waals surface area contributed by atoms with Crippen LogP contribution in [-0.4, -0.2) is 26.1 Å². The average Bonchev–Trinajstić information content (AvgIpc) is 3.09. The van der Waals surface area contributed by atoms with E-state index in [0.717, 1.165) is 12.8 Å². The number of aromatic nitrogens is 1. The maximum Gasteiger partial charge on any atom is 0.242 e. The molecule has 5 nitrogen and oxygen atoms in total. The van der Waals surface area contributed by atoms with Gasteiger partial charge in [-0.05, 0) is 42.7 Å². The number of hydrogen-bond donors (Lipinski definition) is 1. The van der Waals surface area contributed by atoms with Gasteiger partial charge in [0.1, 0.15) is 10.7 Å². The first kappa shape index (κ1) is 16.0. The van der Waals surface area contributed by atoms with Crippen molar-refractivity contribution >= 4 is 10.0 Å². The summed E-state index contributed by atoms with van der Waals surface area (Å²) < 4.78 is 46.6. The Morgan fingerprint density at radius 2 is 2.04 bits per heavy atom. The topological polar surface area (TPSA) is 68.3 Å². The molecule has 2 atom stereocenters. The van der Waals surface area contributed by atoms with Gasteiger partial charge in [-0.25, -0.2) is 17.5 Å². The first-order valence-corrected chi connectivity index (χ1v) is 8.84. The summed E-state index contributed by atoms with van der Waals surface area (Å²) in [4.78, 5) is 3.93. The normalized spacial score (nSPS) is 19.6. The number of sulfonamides is 1. The lowest BCUT2D eigenvalue weighted by atomic mass is 10.0. The zero-order chi connectivity index (χ0) is 16.3. The fourth-order valence-corrected chi connectivity index (χ4v) is 3.85. The molecule has 2 heterocycles. The smallest absolute Gasteiger partial charge is 0.242 e. The average molecular weight is 336 g/mol. The Morgan fingerprint density at radius 3 is 2.65 bits per heavy atom. The van der Waals surface area contributed by atoms with E-state index in [1.165, 1.54) is 30.6 Å². The van der Waals surface area contributed by atoms with Gasteiger partial charge in [-0.15, -0.1) is 0 Å². The standard InChI is InChI=1S/C16H17FN2O3S/c17-13-7-5-12(6-8-13)16(15-4-2-10-22-15)19-23(20,21)14-3-1-9-18-11-14/h1,3,5-9,11,15-16,19H,2,4,10H2/t15-,16+/m0/s1. The molecule has 1 aliphatic heterocycles. The number of pyridine rings is 1. The first-order chi connectivity index (χ1) is 11.1. The van der Waals surface area contributed by atoms with Crippen molar-refractivity contribution in [1.29, 1.82) is 0 Å². The number of nitrogens with one attached hydrogen (secondary N) is 1. The highest BCUT2D eigenvalue weighted by molar-refractivity contribution is 7.89. The molecule has 23 heavy (non-hydrogen) atoms. The molecule has 3 rings (SSSR count). The summed E-state index contributed by atoms with van der Waals surface area (Å²) in [6.07, 6.45) is 4.15.